The van der Waals surface area contributed by atoms with Gasteiger partial charge in [0, 0.05) is 10.9 Å². The molecule has 2 aromatic heterocycles. The SMILES string of the molecule is Oc1csc(Cc2nc(-c3ccccc3)cs2)n1. The highest BCUT2D eigenvalue weighted by molar-refractivity contribution is 7.11. The topological polar surface area (TPSA) is 46.0 Å². The van der Waals surface area contributed by atoms with Crippen LogP contribution in [-0.2, 0) is 6.42 Å². The van der Waals surface area contributed by atoms with Crippen LogP contribution in [0.2, 0.25) is 0 Å². The molecule has 5 heteroatoms. The van der Waals surface area contributed by atoms with Crippen LogP contribution in [-0.4, -0.2) is 15.1 Å². The van der Waals surface area contributed by atoms with Gasteiger partial charge in [-0.3, -0.25) is 0 Å². The summed E-state index contributed by atoms with van der Waals surface area (Å²) in [6, 6.07) is 10.1. The fourth-order valence-electron chi connectivity index (χ4n) is 1.65. The van der Waals surface area contributed by atoms with Gasteiger partial charge < -0.3 is 5.11 Å². The molecule has 0 atom stereocenters. The first kappa shape index (κ1) is 11.4. The number of hydrogen-bond donors (Lipinski definition) is 1. The summed E-state index contributed by atoms with van der Waals surface area (Å²) in [6.45, 7) is 0. The quantitative estimate of drug-likeness (QED) is 0.794. The fraction of sp³-hybridized carbons (Fsp3) is 0.0769. The van der Waals surface area contributed by atoms with E-state index in [0.29, 0.717) is 6.42 Å². The third-order valence-electron chi connectivity index (χ3n) is 2.46. The molecule has 0 fully saturated rings. The molecule has 0 aliphatic heterocycles. The standard InChI is InChI=1S/C13H10N2OS2/c16-11-8-18-13(15-11)6-12-14-10(7-17-12)9-4-2-1-3-5-9/h1-5,7-8,16H,6H2. The summed E-state index contributed by atoms with van der Waals surface area (Å²) in [7, 11) is 0. The van der Waals surface area contributed by atoms with Crippen LogP contribution in [0.4, 0.5) is 0 Å². The van der Waals surface area contributed by atoms with E-state index in [9.17, 15) is 5.11 Å². The molecule has 3 nitrogen and oxygen atoms in total. The minimum atomic E-state index is 0.0924. The van der Waals surface area contributed by atoms with Crippen LogP contribution >= 0.6 is 22.7 Å². The summed E-state index contributed by atoms with van der Waals surface area (Å²) < 4.78 is 0. The molecule has 0 aliphatic carbocycles. The molecule has 0 amide bonds. The number of rotatable bonds is 3. The normalized spacial score (nSPS) is 10.7. The number of thiazole rings is 2. The van der Waals surface area contributed by atoms with Crippen molar-refractivity contribution in [3.63, 3.8) is 0 Å². The van der Waals surface area contributed by atoms with E-state index in [1.807, 2.05) is 30.3 Å². The summed E-state index contributed by atoms with van der Waals surface area (Å²) in [4.78, 5) is 8.62. The van der Waals surface area contributed by atoms with E-state index >= 15 is 0 Å². The third-order valence-corrected chi connectivity index (χ3v) is 4.15. The Morgan fingerprint density at radius 3 is 2.39 bits per heavy atom. The van der Waals surface area contributed by atoms with Gasteiger partial charge in [-0.05, 0) is 0 Å². The van der Waals surface area contributed by atoms with Crippen LogP contribution in [0.15, 0.2) is 41.1 Å². The Balaban J connectivity index is 1.82. The molecule has 0 aliphatic rings. The van der Waals surface area contributed by atoms with Crippen molar-refractivity contribution in [2.75, 3.05) is 0 Å². The molecule has 0 bridgehead atoms. The van der Waals surface area contributed by atoms with Crippen molar-refractivity contribution >= 4 is 22.7 Å². The van der Waals surface area contributed by atoms with Gasteiger partial charge in [-0.15, -0.1) is 22.7 Å². The Labute approximate surface area is 112 Å². The van der Waals surface area contributed by atoms with Crippen LogP contribution in [0.3, 0.4) is 0 Å². The molecule has 1 N–H and O–H groups in total. The zero-order valence-corrected chi connectivity index (χ0v) is 11.0. The van der Waals surface area contributed by atoms with Gasteiger partial charge >= 0.3 is 0 Å². The monoisotopic (exact) mass is 274 g/mol. The molecule has 3 aromatic rings. The lowest BCUT2D eigenvalue weighted by Gasteiger charge is -1.94. The second-order valence-electron chi connectivity index (χ2n) is 3.77. The van der Waals surface area contributed by atoms with E-state index in [0.717, 1.165) is 21.3 Å². The van der Waals surface area contributed by atoms with Gasteiger partial charge in [0.1, 0.15) is 10.0 Å². The van der Waals surface area contributed by atoms with Crippen molar-refractivity contribution in [2.45, 2.75) is 6.42 Å². The van der Waals surface area contributed by atoms with E-state index in [4.69, 9.17) is 0 Å². The molecule has 3 rings (SSSR count). The van der Waals surface area contributed by atoms with Gasteiger partial charge in [0.15, 0.2) is 0 Å². The third kappa shape index (κ3) is 2.42. The van der Waals surface area contributed by atoms with Crippen LogP contribution in [0, 0.1) is 0 Å². The summed E-state index contributed by atoms with van der Waals surface area (Å²) in [6.07, 6.45) is 0.683. The fourth-order valence-corrected chi connectivity index (χ4v) is 3.20. The van der Waals surface area contributed by atoms with Crippen molar-refractivity contribution in [3.05, 3.63) is 51.1 Å². The summed E-state index contributed by atoms with van der Waals surface area (Å²) in [5.74, 6) is 0.0924. The van der Waals surface area contributed by atoms with Crippen LogP contribution < -0.4 is 0 Å². The number of aromatic hydroxyl groups is 1. The van der Waals surface area contributed by atoms with E-state index in [1.54, 1.807) is 16.7 Å². The van der Waals surface area contributed by atoms with Crippen molar-refractivity contribution < 1.29 is 5.11 Å². The lowest BCUT2D eigenvalue weighted by atomic mass is 10.2. The highest BCUT2D eigenvalue weighted by Crippen LogP contribution is 2.24. The molecule has 1 aromatic carbocycles. The highest BCUT2D eigenvalue weighted by Gasteiger charge is 2.07. The van der Waals surface area contributed by atoms with Crippen molar-refractivity contribution in [2.24, 2.45) is 0 Å². The Morgan fingerprint density at radius 1 is 0.944 bits per heavy atom. The lowest BCUT2D eigenvalue weighted by molar-refractivity contribution is 0.456. The second kappa shape index (κ2) is 4.88. The average molecular weight is 274 g/mol. The first-order valence-electron chi connectivity index (χ1n) is 5.44. The first-order valence-corrected chi connectivity index (χ1v) is 7.20. The van der Waals surface area contributed by atoms with Gasteiger partial charge in [0.25, 0.3) is 0 Å². The molecular weight excluding hydrogens is 264 g/mol. The molecule has 0 saturated heterocycles. The second-order valence-corrected chi connectivity index (χ2v) is 5.65. The van der Waals surface area contributed by atoms with Crippen LogP contribution in [0.25, 0.3) is 11.3 Å². The van der Waals surface area contributed by atoms with Gasteiger partial charge in [-0.1, -0.05) is 30.3 Å². The van der Waals surface area contributed by atoms with Crippen molar-refractivity contribution in [1.29, 1.82) is 0 Å². The summed E-state index contributed by atoms with van der Waals surface area (Å²) in [5, 5.41) is 14.8. The Morgan fingerprint density at radius 2 is 1.67 bits per heavy atom. The van der Waals surface area contributed by atoms with Crippen LogP contribution in [0.1, 0.15) is 10.0 Å². The molecular formula is C13H10N2OS2. The van der Waals surface area contributed by atoms with Crippen molar-refractivity contribution in [1.82, 2.24) is 9.97 Å². The first-order chi connectivity index (χ1) is 8.81. The molecule has 0 radical (unpaired) electrons. The molecule has 0 spiro atoms. The van der Waals surface area contributed by atoms with E-state index in [1.165, 1.54) is 11.3 Å². The predicted molar refractivity (Wildman–Crippen MR) is 74.1 cm³/mol. The maximum atomic E-state index is 9.20. The highest BCUT2D eigenvalue weighted by atomic mass is 32.1. The Kier molecular flexibility index (Phi) is 3.08. The zero-order valence-electron chi connectivity index (χ0n) is 9.41. The number of aromatic nitrogens is 2. The van der Waals surface area contributed by atoms with Gasteiger partial charge in [0.2, 0.25) is 5.88 Å². The molecule has 2 heterocycles. The summed E-state index contributed by atoms with van der Waals surface area (Å²) in [5.41, 5.74) is 2.12. The maximum Gasteiger partial charge on any atom is 0.222 e. The summed E-state index contributed by atoms with van der Waals surface area (Å²) >= 11 is 3.08. The predicted octanol–water partition coefficient (Wildman–Crippen LogP) is 3.56. The van der Waals surface area contributed by atoms with Gasteiger partial charge in [-0.25, -0.2) is 9.97 Å². The lowest BCUT2D eigenvalue weighted by Crippen LogP contribution is -1.86. The maximum absolute atomic E-state index is 9.20. The largest absolute Gasteiger partial charge is 0.493 e. The zero-order chi connectivity index (χ0) is 12.4. The van der Waals surface area contributed by atoms with Gasteiger partial charge in [0.05, 0.1) is 17.5 Å². The Bertz CT molecular complexity index is 646. The van der Waals surface area contributed by atoms with Crippen molar-refractivity contribution in [3.8, 4) is 17.1 Å². The molecule has 18 heavy (non-hydrogen) atoms. The minimum absolute atomic E-state index is 0.0924. The minimum Gasteiger partial charge on any atom is -0.493 e. The molecule has 90 valence electrons. The number of hydrogen-bond acceptors (Lipinski definition) is 5. The smallest absolute Gasteiger partial charge is 0.222 e. The molecule has 0 unspecified atom stereocenters. The van der Waals surface area contributed by atoms with E-state index in [2.05, 4.69) is 15.3 Å². The Hall–Kier alpha value is -1.72. The molecule has 0 saturated carbocycles. The average Bonchev–Trinajstić information content (AvgIpc) is 3.01. The van der Waals surface area contributed by atoms with Crippen LogP contribution in [0.5, 0.6) is 5.88 Å². The van der Waals surface area contributed by atoms with E-state index < -0.39 is 0 Å². The van der Waals surface area contributed by atoms with Gasteiger partial charge in [-0.2, -0.15) is 0 Å². The van der Waals surface area contributed by atoms with E-state index in [-0.39, 0.29) is 5.88 Å². The number of benzene rings is 1. The number of nitrogens with zero attached hydrogens (tertiary/aromatic N) is 2.